The van der Waals surface area contributed by atoms with Gasteiger partial charge >= 0.3 is 5.97 Å². The van der Waals surface area contributed by atoms with Crippen LogP contribution < -0.4 is 4.74 Å². The number of hydrogen-bond acceptors (Lipinski definition) is 4. The van der Waals surface area contributed by atoms with Gasteiger partial charge in [0, 0.05) is 6.54 Å². The number of ether oxygens (including phenoxy) is 1. The summed E-state index contributed by atoms with van der Waals surface area (Å²) in [5.41, 5.74) is 0.954. The summed E-state index contributed by atoms with van der Waals surface area (Å²) in [7, 11) is 0. The van der Waals surface area contributed by atoms with Crippen molar-refractivity contribution in [2.75, 3.05) is 6.54 Å². The summed E-state index contributed by atoms with van der Waals surface area (Å²) >= 11 is 7.45. The zero-order valence-electron chi connectivity index (χ0n) is 12.6. The van der Waals surface area contributed by atoms with Gasteiger partial charge in [-0.05, 0) is 48.9 Å². The van der Waals surface area contributed by atoms with Crippen LogP contribution in [0.15, 0.2) is 35.7 Å². The molecule has 1 amide bonds. The van der Waals surface area contributed by atoms with Crippen molar-refractivity contribution in [3.63, 3.8) is 0 Å². The van der Waals surface area contributed by atoms with Crippen LogP contribution in [0, 0.1) is 6.92 Å². The highest BCUT2D eigenvalue weighted by atomic mass is 35.5. The fraction of sp³-hybridized carbons (Fsp3) is 0.294. The van der Waals surface area contributed by atoms with Crippen LogP contribution in [-0.4, -0.2) is 29.4 Å². The van der Waals surface area contributed by atoms with Gasteiger partial charge in [0.25, 0.3) is 5.91 Å². The predicted molar refractivity (Wildman–Crippen MR) is 90.2 cm³/mol. The lowest BCUT2D eigenvalue weighted by Gasteiger charge is -2.22. The fourth-order valence-corrected chi connectivity index (χ4v) is 3.50. The molecule has 23 heavy (non-hydrogen) atoms. The van der Waals surface area contributed by atoms with E-state index in [2.05, 4.69) is 0 Å². The summed E-state index contributed by atoms with van der Waals surface area (Å²) in [5, 5.41) is 2.24. The molecule has 1 aromatic carbocycles. The van der Waals surface area contributed by atoms with Gasteiger partial charge in [-0.3, -0.25) is 4.79 Å². The summed E-state index contributed by atoms with van der Waals surface area (Å²) in [5.74, 6) is -0.207. The highest BCUT2D eigenvalue weighted by Gasteiger charge is 2.36. The van der Waals surface area contributed by atoms with E-state index in [1.54, 1.807) is 23.1 Å². The standard InChI is InChI=1S/C17H16ClNO3S/c1-11-6-7-12(18)14(10-11)22-17(21)13-4-2-8-19(13)16(20)15-5-3-9-23-15/h3,5-7,9-10,13H,2,4,8H2,1H3. The molecule has 1 aliphatic rings. The molecule has 0 spiro atoms. The zero-order valence-corrected chi connectivity index (χ0v) is 14.2. The van der Waals surface area contributed by atoms with Gasteiger partial charge in [-0.1, -0.05) is 23.7 Å². The number of likely N-dealkylation sites (tertiary alicyclic amines) is 1. The maximum atomic E-state index is 12.5. The number of nitrogens with zero attached hydrogens (tertiary/aromatic N) is 1. The molecule has 0 saturated carbocycles. The van der Waals surface area contributed by atoms with Crippen LogP contribution in [0.4, 0.5) is 0 Å². The Hall–Kier alpha value is -1.85. The number of halogens is 1. The first-order valence-corrected chi connectivity index (χ1v) is 8.64. The molecule has 1 aliphatic heterocycles. The Kier molecular flexibility index (Phi) is 4.68. The van der Waals surface area contributed by atoms with E-state index in [0.29, 0.717) is 28.6 Å². The number of rotatable bonds is 3. The number of carbonyl (C=O) groups is 2. The second-order valence-corrected chi connectivity index (χ2v) is 6.84. The normalized spacial score (nSPS) is 17.3. The number of carbonyl (C=O) groups excluding carboxylic acids is 2. The van der Waals surface area contributed by atoms with Crippen molar-refractivity contribution in [1.29, 1.82) is 0 Å². The molecule has 2 aromatic rings. The molecule has 1 atom stereocenters. The average Bonchev–Trinajstić information content (AvgIpc) is 3.20. The molecular formula is C17H16ClNO3S. The molecule has 6 heteroatoms. The minimum absolute atomic E-state index is 0.116. The fourth-order valence-electron chi connectivity index (χ4n) is 2.66. The first-order chi connectivity index (χ1) is 11.1. The van der Waals surface area contributed by atoms with Crippen molar-refractivity contribution in [2.24, 2.45) is 0 Å². The molecule has 4 nitrogen and oxygen atoms in total. The second-order valence-electron chi connectivity index (χ2n) is 5.49. The van der Waals surface area contributed by atoms with Crippen LogP contribution in [0.25, 0.3) is 0 Å². The van der Waals surface area contributed by atoms with Gasteiger partial charge in [-0.25, -0.2) is 4.79 Å². The van der Waals surface area contributed by atoms with E-state index in [1.165, 1.54) is 11.3 Å². The first kappa shape index (κ1) is 16.0. The van der Waals surface area contributed by atoms with Crippen molar-refractivity contribution in [2.45, 2.75) is 25.8 Å². The summed E-state index contributed by atoms with van der Waals surface area (Å²) in [6.45, 7) is 2.47. The van der Waals surface area contributed by atoms with Crippen molar-refractivity contribution in [3.05, 3.63) is 51.2 Å². The molecule has 1 unspecified atom stereocenters. The quantitative estimate of drug-likeness (QED) is 0.623. The van der Waals surface area contributed by atoms with Crippen molar-refractivity contribution >= 4 is 34.8 Å². The summed E-state index contributed by atoms with van der Waals surface area (Å²) in [6, 6.07) is 8.31. The van der Waals surface area contributed by atoms with Gasteiger partial charge in [0.1, 0.15) is 11.8 Å². The molecule has 2 heterocycles. The smallest absolute Gasteiger partial charge is 0.334 e. The van der Waals surface area contributed by atoms with Crippen LogP contribution >= 0.6 is 22.9 Å². The van der Waals surface area contributed by atoms with Gasteiger partial charge in [0.2, 0.25) is 0 Å². The average molecular weight is 350 g/mol. The number of amides is 1. The maximum absolute atomic E-state index is 12.5. The minimum Gasteiger partial charge on any atom is -0.423 e. The Bertz CT molecular complexity index is 729. The van der Waals surface area contributed by atoms with Crippen LogP contribution in [0.1, 0.15) is 28.1 Å². The van der Waals surface area contributed by atoms with Crippen molar-refractivity contribution in [1.82, 2.24) is 4.90 Å². The number of esters is 1. The van der Waals surface area contributed by atoms with Crippen molar-refractivity contribution < 1.29 is 14.3 Å². The monoisotopic (exact) mass is 349 g/mol. The SMILES string of the molecule is Cc1ccc(Cl)c(OC(=O)C2CCCN2C(=O)c2cccs2)c1. The van der Waals surface area contributed by atoms with Gasteiger partial charge in [0.15, 0.2) is 0 Å². The summed E-state index contributed by atoms with van der Waals surface area (Å²) in [6.07, 6.45) is 1.40. The Morgan fingerprint density at radius 2 is 2.17 bits per heavy atom. The zero-order chi connectivity index (χ0) is 16.4. The lowest BCUT2D eigenvalue weighted by molar-refractivity contribution is -0.138. The van der Waals surface area contributed by atoms with E-state index in [-0.39, 0.29) is 5.91 Å². The van der Waals surface area contributed by atoms with Gasteiger partial charge in [-0.15, -0.1) is 11.3 Å². The molecule has 0 aliphatic carbocycles. The minimum atomic E-state index is -0.554. The number of thiophene rings is 1. The van der Waals surface area contributed by atoms with E-state index in [0.717, 1.165) is 12.0 Å². The molecule has 1 saturated heterocycles. The first-order valence-electron chi connectivity index (χ1n) is 7.38. The lowest BCUT2D eigenvalue weighted by Crippen LogP contribution is -2.42. The van der Waals surface area contributed by atoms with Gasteiger partial charge in [-0.2, -0.15) is 0 Å². The third-order valence-corrected chi connectivity index (χ3v) is 4.99. The topological polar surface area (TPSA) is 46.6 Å². The Labute approximate surface area is 143 Å². The van der Waals surface area contributed by atoms with Crippen molar-refractivity contribution in [3.8, 4) is 5.75 Å². The number of hydrogen-bond donors (Lipinski definition) is 0. The van der Waals surface area contributed by atoms with E-state index in [4.69, 9.17) is 16.3 Å². The second kappa shape index (κ2) is 6.72. The molecule has 0 radical (unpaired) electrons. The van der Waals surface area contributed by atoms with Crippen LogP contribution in [-0.2, 0) is 4.79 Å². The number of benzene rings is 1. The summed E-state index contributed by atoms with van der Waals surface area (Å²) < 4.78 is 5.45. The largest absolute Gasteiger partial charge is 0.423 e. The third-order valence-electron chi connectivity index (χ3n) is 3.81. The van der Waals surface area contributed by atoms with E-state index < -0.39 is 12.0 Å². The summed E-state index contributed by atoms with van der Waals surface area (Å²) in [4.78, 5) is 27.2. The molecule has 1 fully saturated rings. The number of aryl methyl sites for hydroxylation is 1. The van der Waals surface area contributed by atoms with Crippen LogP contribution in [0.5, 0.6) is 5.75 Å². The highest BCUT2D eigenvalue weighted by Crippen LogP contribution is 2.28. The lowest BCUT2D eigenvalue weighted by atomic mass is 10.2. The highest BCUT2D eigenvalue weighted by molar-refractivity contribution is 7.12. The maximum Gasteiger partial charge on any atom is 0.334 e. The molecule has 120 valence electrons. The van der Waals surface area contributed by atoms with E-state index in [9.17, 15) is 9.59 Å². The Balaban J connectivity index is 1.76. The molecular weight excluding hydrogens is 334 g/mol. The van der Waals surface area contributed by atoms with Crippen LogP contribution in [0.3, 0.4) is 0 Å². The van der Waals surface area contributed by atoms with E-state index in [1.807, 2.05) is 24.4 Å². The third kappa shape index (κ3) is 3.41. The van der Waals surface area contributed by atoms with Gasteiger partial charge < -0.3 is 9.64 Å². The van der Waals surface area contributed by atoms with E-state index >= 15 is 0 Å². The molecule has 3 rings (SSSR count). The predicted octanol–water partition coefficient (Wildman–Crippen LogP) is 3.92. The molecule has 0 bridgehead atoms. The Morgan fingerprint density at radius 1 is 1.35 bits per heavy atom. The van der Waals surface area contributed by atoms with Crippen LogP contribution in [0.2, 0.25) is 5.02 Å². The Morgan fingerprint density at radius 3 is 2.91 bits per heavy atom. The molecule has 1 aromatic heterocycles. The van der Waals surface area contributed by atoms with Gasteiger partial charge in [0.05, 0.1) is 9.90 Å². The molecule has 0 N–H and O–H groups in total.